The van der Waals surface area contributed by atoms with Crippen LogP contribution < -0.4 is 4.90 Å². The summed E-state index contributed by atoms with van der Waals surface area (Å²) in [6.07, 6.45) is 4.40. The number of hydrogen-bond donors (Lipinski definition) is 0. The Bertz CT molecular complexity index is 996. The van der Waals surface area contributed by atoms with E-state index in [4.69, 9.17) is 14.7 Å². The fourth-order valence-corrected chi connectivity index (χ4v) is 5.05. The molecule has 0 unspecified atom stereocenters. The van der Waals surface area contributed by atoms with Crippen LogP contribution in [0.15, 0.2) is 30.3 Å². The van der Waals surface area contributed by atoms with Crippen LogP contribution in [0.25, 0.3) is 0 Å². The van der Waals surface area contributed by atoms with Crippen molar-refractivity contribution in [3.63, 3.8) is 0 Å². The van der Waals surface area contributed by atoms with E-state index in [1.54, 1.807) is 0 Å². The Morgan fingerprint density at radius 2 is 1.88 bits per heavy atom. The third kappa shape index (κ3) is 4.13. The third-order valence-electron chi connectivity index (χ3n) is 6.92. The molecule has 0 bridgehead atoms. The lowest BCUT2D eigenvalue weighted by Gasteiger charge is -2.34. The van der Waals surface area contributed by atoms with Gasteiger partial charge in [-0.25, -0.2) is 9.97 Å². The predicted octanol–water partition coefficient (Wildman–Crippen LogP) is 3.15. The highest BCUT2D eigenvalue weighted by atomic mass is 16.5. The fourth-order valence-electron chi connectivity index (χ4n) is 5.05. The van der Waals surface area contributed by atoms with Gasteiger partial charge >= 0.3 is 0 Å². The number of benzene rings is 1. The number of fused-ring (bicyclic) bond motifs is 1. The summed E-state index contributed by atoms with van der Waals surface area (Å²) < 4.78 is 5.57. The zero-order valence-electron chi connectivity index (χ0n) is 18.6. The molecule has 0 saturated carbocycles. The second kappa shape index (κ2) is 8.98. The van der Waals surface area contributed by atoms with Crippen molar-refractivity contribution in [2.24, 2.45) is 0 Å². The molecule has 2 aromatic rings. The van der Waals surface area contributed by atoms with Gasteiger partial charge in [-0.1, -0.05) is 30.3 Å². The molecule has 2 amide bonds. The number of piperidine rings is 1. The first-order valence-corrected chi connectivity index (χ1v) is 11.7. The first kappa shape index (κ1) is 21.1. The highest BCUT2D eigenvalue weighted by molar-refractivity contribution is 5.95. The number of aromatic nitrogens is 2. The maximum atomic E-state index is 12.8. The van der Waals surface area contributed by atoms with Crippen molar-refractivity contribution >= 4 is 17.6 Å². The molecule has 168 valence electrons. The number of anilines is 1. The molecule has 7 heteroatoms. The summed E-state index contributed by atoms with van der Waals surface area (Å²) in [6.45, 7) is 4.64. The van der Waals surface area contributed by atoms with Crippen molar-refractivity contribution < 1.29 is 14.3 Å². The predicted molar refractivity (Wildman–Crippen MR) is 120 cm³/mol. The minimum Gasteiger partial charge on any atom is -0.368 e. The van der Waals surface area contributed by atoms with Crippen LogP contribution in [0.3, 0.4) is 0 Å². The van der Waals surface area contributed by atoms with E-state index in [-0.39, 0.29) is 23.8 Å². The number of amides is 2. The second-order valence-electron chi connectivity index (χ2n) is 9.04. The van der Waals surface area contributed by atoms with Gasteiger partial charge in [-0.2, -0.15) is 0 Å². The molecule has 1 aromatic carbocycles. The summed E-state index contributed by atoms with van der Waals surface area (Å²) in [5.41, 5.74) is 3.14. The van der Waals surface area contributed by atoms with Crippen LogP contribution in [-0.2, 0) is 27.3 Å². The van der Waals surface area contributed by atoms with Gasteiger partial charge < -0.3 is 9.64 Å². The zero-order chi connectivity index (χ0) is 22.1. The summed E-state index contributed by atoms with van der Waals surface area (Å²) in [5, 5.41) is 0. The molecular weight excluding hydrogens is 404 g/mol. The van der Waals surface area contributed by atoms with Crippen LogP contribution in [0, 0.1) is 6.92 Å². The van der Waals surface area contributed by atoms with E-state index in [1.807, 2.05) is 47.1 Å². The van der Waals surface area contributed by atoms with E-state index in [1.165, 1.54) is 0 Å². The zero-order valence-corrected chi connectivity index (χ0v) is 18.6. The Morgan fingerprint density at radius 3 is 2.59 bits per heavy atom. The fraction of sp³-hybridized carbons (Fsp3) is 0.520. The van der Waals surface area contributed by atoms with Crippen LogP contribution in [0.2, 0.25) is 0 Å². The second-order valence-corrected chi connectivity index (χ2v) is 9.04. The van der Waals surface area contributed by atoms with E-state index >= 15 is 0 Å². The summed E-state index contributed by atoms with van der Waals surface area (Å²) in [6, 6.07) is 10.0. The van der Waals surface area contributed by atoms with Gasteiger partial charge in [0.2, 0.25) is 5.91 Å². The van der Waals surface area contributed by atoms with Crippen molar-refractivity contribution in [2.75, 3.05) is 24.6 Å². The number of aryl methyl sites for hydroxylation is 1. The number of carbonyl (C=O) groups excluding carboxylic acids is 2. The molecule has 0 N–H and O–H groups in total. The van der Waals surface area contributed by atoms with Gasteiger partial charge in [0, 0.05) is 43.3 Å². The topological polar surface area (TPSA) is 75.6 Å². The lowest BCUT2D eigenvalue weighted by Crippen LogP contribution is -2.43. The lowest BCUT2D eigenvalue weighted by molar-refractivity contribution is -0.142. The number of rotatable bonds is 4. The summed E-state index contributed by atoms with van der Waals surface area (Å²) in [4.78, 5) is 39.0. The van der Waals surface area contributed by atoms with Crippen molar-refractivity contribution in [2.45, 2.75) is 64.0 Å². The Hall–Kier alpha value is -2.80. The average Bonchev–Trinajstić information content (AvgIpc) is 3.36. The minimum absolute atomic E-state index is 0.113. The molecule has 32 heavy (non-hydrogen) atoms. The van der Waals surface area contributed by atoms with Crippen molar-refractivity contribution in [1.29, 1.82) is 0 Å². The summed E-state index contributed by atoms with van der Waals surface area (Å²) >= 11 is 0. The Labute approximate surface area is 188 Å². The molecule has 3 aliphatic rings. The van der Waals surface area contributed by atoms with Gasteiger partial charge in [-0.15, -0.1) is 0 Å². The molecule has 4 heterocycles. The molecule has 3 aliphatic heterocycles. The van der Waals surface area contributed by atoms with E-state index < -0.39 is 0 Å². The lowest BCUT2D eigenvalue weighted by atomic mass is 9.94. The van der Waals surface area contributed by atoms with Gasteiger partial charge in [0.15, 0.2) is 0 Å². The molecule has 7 nitrogen and oxygen atoms in total. The first-order valence-electron chi connectivity index (χ1n) is 11.7. The molecule has 0 spiro atoms. The molecular formula is C25H30N4O3. The van der Waals surface area contributed by atoms with Crippen molar-refractivity contribution in [1.82, 2.24) is 14.9 Å². The summed E-state index contributed by atoms with van der Waals surface area (Å²) in [5.74, 6) is 2.01. The number of ether oxygens (including phenoxy) is 1. The van der Waals surface area contributed by atoms with Crippen LogP contribution in [0.4, 0.5) is 5.82 Å². The van der Waals surface area contributed by atoms with Crippen LogP contribution in [0.5, 0.6) is 0 Å². The number of hydrogen-bond acceptors (Lipinski definition) is 5. The molecule has 2 fully saturated rings. The van der Waals surface area contributed by atoms with Gasteiger partial charge in [-0.3, -0.25) is 14.5 Å². The SMILES string of the molecule is Cc1nc(C2CCN(C(=O)[C@@H]3CCCO3)CC2)nc2c1CCC(=O)N2Cc1ccccc1. The van der Waals surface area contributed by atoms with Crippen LogP contribution >= 0.6 is 0 Å². The average molecular weight is 435 g/mol. The maximum Gasteiger partial charge on any atom is 0.251 e. The van der Waals surface area contributed by atoms with Gasteiger partial charge in [0.25, 0.3) is 5.91 Å². The molecule has 0 aliphatic carbocycles. The van der Waals surface area contributed by atoms with Crippen molar-refractivity contribution in [3.05, 3.63) is 53.0 Å². The first-order chi connectivity index (χ1) is 15.6. The van der Waals surface area contributed by atoms with E-state index in [2.05, 4.69) is 0 Å². The molecule has 1 atom stereocenters. The number of carbonyl (C=O) groups is 2. The van der Waals surface area contributed by atoms with Gasteiger partial charge in [-0.05, 0) is 44.6 Å². The molecule has 2 saturated heterocycles. The Morgan fingerprint density at radius 1 is 1.09 bits per heavy atom. The largest absolute Gasteiger partial charge is 0.368 e. The van der Waals surface area contributed by atoms with E-state index in [9.17, 15) is 9.59 Å². The Balaban J connectivity index is 1.34. The highest BCUT2D eigenvalue weighted by Gasteiger charge is 2.34. The molecule has 0 radical (unpaired) electrons. The number of likely N-dealkylation sites (tertiary alicyclic amines) is 1. The van der Waals surface area contributed by atoms with E-state index in [0.717, 1.165) is 54.1 Å². The smallest absolute Gasteiger partial charge is 0.251 e. The normalized spacial score (nSPS) is 21.7. The summed E-state index contributed by atoms with van der Waals surface area (Å²) in [7, 11) is 0. The monoisotopic (exact) mass is 434 g/mol. The van der Waals surface area contributed by atoms with E-state index in [0.29, 0.717) is 39.1 Å². The van der Waals surface area contributed by atoms with Crippen LogP contribution in [0.1, 0.15) is 60.7 Å². The van der Waals surface area contributed by atoms with Gasteiger partial charge in [0.1, 0.15) is 17.7 Å². The minimum atomic E-state index is -0.258. The maximum absolute atomic E-state index is 12.8. The number of nitrogens with zero attached hydrogens (tertiary/aromatic N) is 4. The molecule has 1 aromatic heterocycles. The molecule has 5 rings (SSSR count). The Kier molecular flexibility index (Phi) is 5.91. The van der Waals surface area contributed by atoms with Crippen molar-refractivity contribution in [3.8, 4) is 0 Å². The highest BCUT2D eigenvalue weighted by Crippen LogP contribution is 2.33. The third-order valence-corrected chi connectivity index (χ3v) is 6.92. The van der Waals surface area contributed by atoms with Gasteiger partial charge in [0.05, 0.1) is 6.54 Å². The quantitative estimate of drug-likeness (QED) is 0.739. The van der Waals surface area contributed by atoms with Crippen LogP contribution in [-0.4, -0.2) is 52.5 Å². The standard InChI is InChI=1S/C25H30N4O3/c1-17-20-9-10-22(30)29(16-18-6-3-2-4-7-18)24(20)27-23(26-17)19-11-13-28(14-12-19)25(31)21-8-5-15-32-21/h2-4,6-7,19,21H,5,8-16H2,1H3/t21-/m0/s1.